The SMILES string of the molecule is Cc1ccc([C@@H](C)NC(=O)/C=C/c2cccc([N+](=O)[O-])c2)cc1C. The molecule has 5 heteroatoms. The van der Waals surface area contributed by atoms with E-state index in [1.165, 1.54) is 29.3 Å². The lowest BCUT2D eigenvalue weighted by atomic mass is 10.0. The number of rotatable bonds is 5. The second kappa shape index (κ2) is 7.55. The van der Waals surface area contributed by atoms with Crippen molar-refractivity contribution >= 4 is 17.7 Å². The Kier molecular flexibility index (Phi) is 5.47. The third kappa shape index (κ3) is 4.52. The summed E-state index contributed by atoms with van der Waals surface area (Å²) in [6.45, 7) is 6.00. The molecule has 0 spiro atoms. The molecule has 0 aliphatic heterocycles. The van der Waals surface area contributed by atoms with E-state index in [0.29, 0.717) is 5.56 Å². The predicted octanol–water partition coefficient (Wildman–Crippen LogP) is 4.10. The summed E-state index contributed by atoms with van der Waals surface area (Å²) in [7, 11) is 0. The number of hydrogen-bond acceptors (Lipinski definition) is 3. The molecule has 1 atom stereocenters. The van der Waals surface area contributed by atoms with Crippen LogP contribution in [-0.2, 0) is 4.79 Å². The molecule has 2 rings (SSSR count). The molecule has 0 heterocycles. The Hall–Kier alpha value is -2.95. The number of hydrogen-bond donors (Lipinski definition) is 1. The van der Waals surface area contributed by atoms with E-state index >= 15 is 0 Å². The van der Waals surface area contributed by atoms with E-state index in [1.54, 1.807) is 18.2 Å². The zero-order valence-electron chi connectivity index (χ0n) is 13.9. The molecule has 0 unspecified atom stereocenters. The molecule has 0 aliphatic carbocycles. The van der Waals surface area contributed by atoms with Crippen molar-refractivity contribution in [3.8, 4) is 0 Å². The van der Waals surface area contributed by atoms with E-state index in [4.69, 9.17) is 0 Å². The van der Waals surface area contributed by atoms with Crippen LogP contribution in [0.1, 0.15) is 35.2 Å². The number of amides is 1. The van der Waals surface area contributed by atoms with E-state index in [2.05, 4.69) is 11.4 Å². The van der Waals surface area contributed by atoms with E-state index in [0.717, 1.165) is 5.56 Å². The minimum absolute atomic E-state index is 0.000979. The molecular formula is C19H20N2O3. The molecule has 0 aliphatic rings. The van der Waals surface area contributed by atoms with Gasteiger partial charge in [-0.3, -0.25) is 14.9 Å². The summed E-state index contributed by atoms with van der Waals surface area (Å²) >= 11 is 0. The molecule has 0 saturated carbocycles. The standard InChI is InChI=1S/C19H20N2O3/c1-13-7-9-17(11-14(13)2)15(3)20-19(22)10-8-16-5-4-6-18(12-16)21(23)24/h4-12,15H,1-3H3,(H,20,22)/b10-8+/t15-/m1/s1. The highest BCUT2D eigenvalue weighted by atomic mass is 16.6. The maximum atomic E-state index is 12.0. The van der Waals surface area contributed by atoms with Gasteiger partial charge in [0.15, 0.2) is 0 Å². The van der Waals surface area contributed by atoms with Gasteiger partial charge in [0.1, 0.15) is 0 Å². The van der Waals surface area contributed by atoms with Gasteiger partial charge >= 0.3 is 0 Å². The quantitative estimate of drug-likeness (QED) is 0.511. The van der Waals surface area contributed by atoms with E-state index in [9.17, 15) is 14.9 Å². The lowest BCUT2D eigenvalue weighted by Crippen LogP contribution is -2.24. The van der Waals surface area contributed by atoms with Crippen LogP contribution in [0.25, 0.3) is 6.08 Å². The number of nitrogens with zero attached hydrogens (tertiary/aromatic N) is 1. The topological polar surface area (TPSA) is 72.2 Å². The van der Waals surface area contributed by atoms with E-state index in [1.807, 2.05) is 32.9 Å². The Morgan fingerprint density at radius 2 is 1.92 bits per heavy atom. The maximum absolute atomic E-state index is 12.0. The second-order valence-electron chi connectivity index (χ2n) is 5.76. The molecule has 2 aromatic carbocycles. The highest BCUT2D eigenvalue weighted by Crippen LogP contribution is 2.17. The summed E-state index contributed by atoms with van der Waals surface area (Å²) in [5, 5.41) is 13.6. The molecule has 1 amide bonds. The largest absolute Gasteiger partial charge is 0.346 e. The molecule has 0 saturated heterocycles. The average Bonchev–Trinajstić information content (AvgIpc) is 2.55. The molecule has 0 fully saturated rings. The lowest BCUT2D eigenvalue weighted by molar-refractivity contribution is -0.384. The summed E-state index contributed by atoms with van der Waals surface area (Å²) < 4.78 is 0. The first-order chi connectivity index (χ1) is 11.4. The number of non-ortho nitro benzene ring substituents is 1. The summed E-state index contributed by atoms with van der Waals surface area (Å²) in [6.07, 6.45) is 2.95. The minimum atomic E-state index is -0.459. The first-order valence-electron chi connectivity index (χ1n) is 7.67. The van der Waals surface area contributed by atoms with E-state index < -0.39 is 4.92 Å². The van der Waals surface area contributed by atoms with Crippen molar-refractivity contribution in [1.29, 1.82) is 0 Å². The highest BCUT2D eigenvalue weighted by molar-refractivity contribution is 5.92. The van der Waals surface area contributed by atoms with Gasteiger partial charge in [0.05, 0.1) is 11.0 Å². The predicted molar refractivity (Wildman–Crippen MR) is 94.6 cm³/mol. The number of benzene rings is 2. The first-order valence-corrected chi connectivity index (χ1v) is 7.67. The normalized spacial score (nSPS) is 12.1. The average molecular weight is 324 g/mol. The third-order valence-corrected chi connectivity index (χ3v) is 3.90. The summed E-state index contributed by atoms with van der Waals surface area (Å²) in [5.41, 5.74) is 4.04. The van der Waals surface area contributed by atoms with Crippen LogP contribution in [0.5, 0.6) is 0 Å². The van der Waals surface area contributed by atoms with Crippen molar-refractivity contribution in [2.45, 2.75) is 26.8 Å². The number of aryl methyl sites for hydroxylation is 2. The van der Waals surface area contributed by atoms with Gasteiger partial charge in [-0.2, -0.15) is 0 Å². The molecule has 0 aromatic heterocycles. The van der Waals surface area contributed by atoms with Crippen molar-refractivity contribution in [2.75, 3.05) is 0 Å². The molecule has 2 aromatic rings. The Balaban J connectivity index is 2.03. The van der Waals surface area contributed by atoms with Crippen LogP contribution in [0, 0.1) is 24.0 Å². The number of nitro groups is 1. The van der Waals surface area contributed by atoms with Gasteiger partial charge in [0, 0.05) is 18.2 Å². The van der Waals surface area contributed by atoms with Crippen molar-refractivity contribution in [3.05, 3.63) is 80.9 Å². The van der Waals surface area contributed by atoms with Crippen LogP contribution >= 0.6 is 0 Å². The molecule has 124 valence electrons. The van der Waals surface area contributed by atoms with Crippen LogP contribution in [0.15, 0.2) is 48.5 Å². The molecular weight excluding hydrogens is 304 g/mol. The number of carbonyl (C=O) groups excluding carboxylic acids is 1. The molecule has 5 nitrogen and oxygen atoms in total. The van der Waals surface area contributed by atoms with Gasteiger partial charge in [-0.15, -0.1) is 0 Å². The molecule has 1 N–H and O–H groups in total. The van der Waals surface area contributed by atoms with Gasteiger partial charge in [0.2, 0.25) is 5.91 Å². The maximum Gasteiger partial charge on any atom is 0.270 e. The van der Waals surface area contributed by atoms with Crippen LogP contribution in [0.3, 0.4) is 0 Å². The van der Waals surface area contributed by atoms with Crippen molar-refractivity contribution in [2.24, 2.45) is 0 Å². The van der Waals surface area contributed by atoms with Crippen LogP contribution < -0.4 is 5.32 Å². The fourth-order valence-corrected chi connectivity index (χ4v) is 2.29. The summed E-state index contributed by atoms with van der Waals surface area (Å²) in [5.74, 6) is -0.243. The van der Waals surface area contributed by atoms with E-state index in [-0.39, 0.29) is 17.6 Å². The fourth-order valence-electron chi connectivity index (χ4n) is 2.29. The summed E-state index contributed by atoms with van der Waals surface area (Å²) in [4.78, 5) is 22.3. The van der Waals surface area contributed by atoms with Crippen LogP contribution in [0.2, 0.25) is 0 Å². The Labute approximate surface area is 141 Å². The molecule has 0 bridgehead atoms. The number of carbonyl (C=O) groups is 1. The van der Waals surface area contributed by atoms with Gasteiger partial charge in [-0.1, -0.05) is 30.3 Å². The smallest absolute Gasteiger partial charge is 0.270 e. The van der Waals surface area contributed by atoms with Crippen molar-refractivity contribution < 1.29 is 9.72 Å². The second-order valence-corrected chi connectivity index (χ2v) is 5.76. The Morgan fingerprint density at radius 3 is 2.58 bits per heavy atom. The van der Waals surface area contributed by atoms with Gasteiger partial charge in [-0.05, 0) is 49.1 Å². The minimum Gasteiger partial charge on any atom is -0.346 e. The molecule has 0 radical (unpaired) electrons. The van der Waals surface area contributed by atoms with Crippen molar-refractivity contribution in [3.63, 3.8) is 0 Å². The zero-order chi connectivity index (χ0) is 17.7. The number of nitro benzene ring substituents is 1. The summed E-state index contributed by atoms with van der Waals surface area (Å²) in [6, 6.07) is 12.1. The van der Waals surface area contributed by atoms with Crippen LogP contribution in [-0.4, -0.2) is 10.8 Å². The van der Waals surface area contributed by atoms with Crippen molar-refractivity contribution in [1.82, 2.24) is 5.32 Å². The molecule has 24 heavy (non-hydrogen) atoms. The Bertz CT molecular complexity index is 797. The van der Waals surface area contributed by atoms with Gasteiger partial charge in [-0.25, -0.2) is 0 Å². The van der Waals surface area contributed by atoms with Crippen LogP contribution in [0.4, 0.5) is 5.69 Å². The van der Waals surface area contributed by atoms with Gasteiger partial charge in [0.25, 0.3) is 5.69 Å². The lowest BCUT2D eigenvalue weighted by Gasteiger charge is -2.14. The van der Waals surface area contributed by atoms with Gasteiger partial charge < -0.3 is 5.32 Å². The fraction of sp³-hybridized carbons (Fsp3) is 0.211. The Morgan fingerprint density at radius 1 is 1.17 bits per heavy atom. The number of nitrogens with one attached hydrogen (secondary N) is 1. The first kappa shape index (κ1) is 17.4. The monoisotopic (exact) mass is 324 g/mol. The highest BCUT2D eigenvalue weighted by Gasteiger charge is 2.09. The third-order valence-electron chi connectivity index (χ3n) is 3.90. The zero-order valence-corrected chi connectivity index (χ0v) is 13.9.